The lowest BCUT2D eigenvalue weighted by Gasteiger charge is -2.40. The van der Waals surface area contributed by atoms with Crippen LogP contribution in [0.3, 0.4) is 0 Å². The number of ether oxygens (including phenoxy) is 1. The Balaban J connectivity index is 2.98. The molecule has 0 N–H and O–H groups in total. The van der Waals surface area contributed by atoms with Gasteiger partial charge in [0.2, 0.25) is 0 Å². The molecular formula is C15H17F8NO3S. The highest BCUT2D eigenvalue weighted by molar-refractivity contribution is 8.45. The molecule has 0 heterocycles. The van der Waals surface area contributed by atoms with Gasteiger partial charge in [0.05, 0.1) is 0 Å². The van der Waals surface area contributed by atoms with E-state index in [4.69, 9.17) is 0 Å². The quantitative estimate of drug-likeness (QED) is 0.335. The second-order valence-electron chi connectivity index (χ2n) is 6.38. The number of rotatable bonds is 6. The number of carbonyl (C=O) groups is 2. The molecule has 1 aromatic carbocycles. The molecule has 0 aromatic heterocycles. The molecule has 0 aliphatic carbocycles. The van der Waals surface area contributed by atoms with Gasteiger partial charge in [-0.3, -0.25) is 4.79 Å². The van der Waals surface area contributed by atoms with Crippen LogP contribution in [0.5, 0.6) is 0 Å². The van der Waals surface area contributed by atoms with E-state index in [2.05, 4.69) is 4.74 Å². The van der Waals surface area contributed by atoms with Crippen LogP contribution in [0.15, 0.2) is 29.2 Å². The van der Waals surface area contributed by atoms with Crippen molar-refractivity contribution in [2.24, 2.45) is 5.92 Å². The number of hydrogen-bond donors (Lipinski definition) is 0. The molecular weight excluding hydrogens is 426 g/mol. The van der Waals surface area contributed by atoms with Gasteiger partial charge in [-0.2, -0.15) is 13.2 Å². The van der Waals surface area contributed by atoms with Crippen LogP contribution in [-0.2, 0) is 20.9 Å². The van der Waals surface area contributed by atoms with Gasteiger partial charge in [0.15, 0.2) is 6.61 Å². The maximum Gasteiger partial charge on any atom is 0.422 e. The standard InChI is InChI=1S/C15H17F8NO3S/c1-10(2)7-24(13(25)14(26)27-9-15(16,17)18)8-11-3-5-12(6-4-11)28(19,20,21,22)23/h3-6,10H,7-9H2,1-2H3. The molecule has 0 unspecified atom stereocenters. The smallest absolute Gasteiger partial charge is 0.422 e. The third-order valence-corrected chi connectivity index (χ3v) is 4.32. The highest BCUT2D eigenvalue weighted by Gasteiger charge is 2.65. The van der Waals surface area contributed by atoms with E-state index in [0.29, 0.717) is 12.1 Å². The molecule has 1 amide bonds. The Kier molecular flexibility index (Phi) is 6.07. The first-order chi connectivity index (χ1) is 12.3. The zero-order chi connectivity index (χ0) is 22.0. The summed E-state index contributed by atoms with van der Waals surface area (Å²) in [6, 6.07) is 1.65. The molecule has 4 nitrogen and oxygen atoms in total. The summed E-state index contributed by atoms with van der Waals surface area (Å²) < 4.78 is 104. The summed E-state index contributed by atoms with van der Waals surface area (Å²) in [7, 11) is -9.86. The van der Waals surface area contributed by atoms with Crippen LogP contribution in [0.1, 0.15) is 19.4 Å². The molecule has 1 aromatic rings. The van der Waals surface area contributed by atoms with Gasteiger partial charge in [0.25, 0.3) is 0 Å². The number of nitrogens with zero attached hydrogens (tertiary/aromatic N) is 1. The summed E-state index contributed by atoms with van der Waals surface area (Å²) in [6.45, 7) is 0.616. The molecule has 0 spiro atoms. The van der Waals surface area contributed by atoms with E-state index in [-0.39, 0.29) is 30.2 Å². The molecule has 0 aliphatic heterocycles. The fourth-order valence-corrected chi connectivity index (χ4v) is 2.72. The number of halogens is 8. The Bertz CT molecular complexity index is 729. The van der Waals surface area contributed by atoms with Crippen molar-refractivity contribution in [1.82, 2.24) is 4.90 Å². The van der Waals surface area contributed by atoms with Crippen LogP contribution in [0.4, 0.5) is 32.6 Å². The largest absolute Gasteiger partial charge is 0.449 e. The van der Waals surface area contributed by atoms with E-state index in [1.165, 1.54) is 0 Å². The molecule has 0 radical (unpaired) electrons. The molecule has 0 bridgehead atoms. The van der Waals surface area contributed by atoms with Gasteiger partial charge in [0.1, 0.15) is 4.90 Å². The molecule has 1 rings (SSSR count). The Morgan fingerprint density at radius 1 is 1.04 bits per heavy atom. The topological polar surface area (TPSA) is 46.6 Å². The summed E-state index contributed by atoms with van der Waals surface area (Å²) in [5.74, 6) is -3.49. The van der Waals surface area contributed by atoms with Gasteiger partial charge in [-0.05, 0) is 23.6 Å². The molecule has 0 saturated carbocycles. The van der Waals surface area contributed by atoms with E-state index in [1.54, 1.807) is 13.8 Å². The Morgan fingerprint density at radius 2 is 1.54 bits per heavy atom. The second-order valence-corrected chi connectivity index (χ2v) is 8.79. The van der Waals surface area contributed by atoms with E-state index in [0.717, 1.165) is 4.90 Å². The average molecular weight is 443 g/mol. The predicted molar refractivity (Wildman–Crippen MR) is 85.1 cm³/mol. The Labute approximate surface area is 155 Å². The van der Waals surface area contributed by atoms with E-state index in [1.807, 2.05) is 0 Å². The average Bonchev–Trinajstić information content (AvgIpc) is 2.48. The summed E-state index contributed by atoms with van der Waals surface area (Å²) in [4.78, 5) is 22.2. The fraction of sp³-hybridized carbons (Fsp3) is 0.467. The summed E-state index contributed by atoms with van der Waals surface area (Å²) >= 11 is 0. The maximum absolute atomic E-state index is 12.7. The SMILES string of the molecule is CC(C)CN(Cc1ccc(S(F)(F)(F)(F)F)cc1)C(=O)C(=O)OCC(F)(F)F. The Hall–Kier alpha value is -2.05. The highest BCUT2D eigenvalue weighted by atomic mass is 32.5. The van der Waals surface area contributed by atoms with Crippen LogP contribution < -0.4 is 0 Å². The number of hydrogen-bond acceptors (Lipinski definition) is 3. The van der Waals surface area contributed by atoms with Crippen molar-refractivity contribution in [3.8, 4) is 0 Å². The minimum atomic E-state index is -9.86. The van der Waals surface area contributed by atoms with Crippen molar-refractivity contribution in [3.63, 3.8) is 0 Å². The van der Waals surface area contributed by atoms with Gasteiger partial charge in [-0.25, -0.2) is 4.79 Å². The minimum Gasteiger partial charge on any atom is -0.449 e. The molecule has 28 heavy (non-hydrogen) atoms. The van der Waals surface area contributed by atoms with E-state index < -0.39 is 46.3 Å². The van der Waals surface area contributed by atoms with Crippen molar-refractivity contribution < 1.29 is 46.9 Å². The number of amides is 1. The van der Waals surface area contributed by atoms with Crippen LogP contribution in [0.2, 0.25) is 0 Å². The van der Waals surface area contributed by atoms with Gasteiger partial charge < -0.3 is 9.64 Å². The van der Waals surface area contributed by atoms with Gasteiger partial charge in [-0.1, -0.05) is 45.4 Å². The monoisotopic (exact) mass is 443 g/mol. The Morgan fingerprint density at radius 3 is 1.93 bits per heavy atom. The normalized spacial score (nSPS) is 15.0. The lowest BCUT2D eigenvalue weighted by molar-refractivity contribution is -0.189. The van der Waals surface area contributed by atoms with Crippen molar-refractivity contribution in [1.29, 1.82) is 0 Å². The maximum atomic E-state index is 12.7. The first-order valence-electron chi connectivity index (χ1n) is 7.64. The first kappa shape index (κ1) is 24.0. The van der Waals surface area contributed by atoms with Crippen molar-refractivity contribution in [2.75, 3.05) is 13.2 Å². The lowest BCUT2D eigenvalue weighted by atomic mass is 10.1. The molecule has 0 fully saturated rings. The first-order valence-corrected chi connectivity index (χ1v) is 9.59. The van der Waals surface area contributed by atoms with Gasteiger partial charge in [-0.15, -0.1) is 0 Å². The predicted octanol–water partition coefficient (Wildman–Crippen LogP) is 5.43. The fourth-order valence-electron chi connectivity index (χ4n) is 2.07. The number of esters is 1. The molecule has 0 aliphatic rings. The zero-order valence-electron chi connectivity index (χ0n) is 14.6. The molecule has 13 heteroatoms. The molecule has 0 atom stereocenters. The van der Waals surface area contributed by atoms with E-state index >= 15 is 0 Å². The highest BCUT2D eigenvalue weighted by Crippen LogP contribution is 3.02. The van der Waals surface area contributed by atoms with Gasteiger partial charge >= 0.3 is 28.3 Å². The summed E-state index contributed by atoms with van der Waals surface area (Å²) in [5, 5.41) is 0. The molecule has 162 valence electrons. The third-order valence-electron chi connectivity index (χ3n) is 3.16. The molecule has 0 saturated heterocycles. The second kappa shape index (κ2) is 7.08. The van der Waals surface area contributed by atoms with Gasteiger partial charge in [0, 0.05) is 13.1 Å². The van der Waals surface area contributed by atoms with Crippen molar-refractivity contribution in [2.45, 2.75) is 31.5 Å². The minimum absolute atomic E-state index is 0.0387. The lowest BCUT2D eigenvalue weighted by Crippen LogP contribution is -2.40. The number of alkyl halides is 3. The van der Waals surface area contributed by atoms with Crippen LogP contribution in [0, 0.1) is 5.92 Å². The third kappa shape index (κ3) is 7.90. The van der Waals surface area contributed by atoms with Crippen molar-refractivity contribution in [3.05, 3.63) is 29.8 Å². The van der Waals surface area contributed by atoms with E-state index in [9.17, 15) is 42.2 Å². The number of carbonyl (C=O) groups excluding carboxylic acids is 2. The van der Waals surface area contributed by atoms with Crippen LogP contribution in [0.25, 0.3) is 0 Å². The summed E-state index contributed by atoms with van der Waals surface area (Å²) in [5.41, 5.74) is -0.0387. The number of benzene rings is 1. The van der Waals surface area contributed by atoms with Crippen LogP contribution in [-0.4, -0.2) is 36.1 Å². The zero-order valence-corrected chi connectivity index (χ0v) is 15.4. The van der Waals surface area contributed by atoms with Crippen molar-refractivity contribution >= 4 is 22.1 Å². The summed E-state index contributed by atoms with van der Waals surface area (Å²) in [6.07, 6.45) is -4.85. The van der Waals surface area contributed by atoms with Crippen LogP contribution >= 0.6 is 10.2 Å².